The molecule has 6 nitrogen and oxygen atoms in total. The van der Waals surface area contributed by atoms with E-state index in [0.717, 1.165) is 24.1 Å². The summed E-state index contributed by atoms with van der Waals surface area (Å²) in [5.74, 6) is -1.05. The average Bonchev–Trinajstić information content (AvgIpc) is 3.23. The number of aromatic nitrogens is 2. The molecule has 1 fully saturated rings. The predicted octanol–water partition coefficient (Wildman–Crippen LogP) is 5.75. The minimum atomic E-state index is -0.581. The first kappa shape index (κ1) is 26.3. The molecule has 4 aromatic rings. The number of nitriles is 1. The zero-order valence-electron chi connectivity index (χ0n) is 21.7. The van der Waals surface area contributed by atoms with Crippen LogP contribution < -0.4 is 5.32 Å². The Bertz CT molecular complexity index is 1530. The molecule has 1 aliphatic rings. The van der Waals surface area contributed by atoms with Crippen molar-refractivity contribution in [3.8, 4) is 6.07 Å². The lowest BCUT2D eigenvalue weighted by atomic mass is 9.97. The molecule has 0 saturated carbocycles. The van der Waals surface area contributed by atoms with Gasteiger partial charge in [0.1, 0.15) is 23.4 Å². The number of pyridine rings is 1. The molecule has 0 atom stereocenters. The maximum absolute atomic E-state index is 13.9. The molecule has 2 aromatic heterocycles. The van der Waals surface area contributed by atoms with Crippen molar-refractivity contribution >= 4 is 23.0 Å². The summed E-state index contributed by atoms with van der Waals surface area (Å²) in [4.78, 5) is 17.7. The molecule has 8 heteroatoms. The van der Waals surface area contributed by atoms with Crippen LogP contribution in [0.5, 0.6) is 0 Å². The summed E-state index contributed by atoms with van der Waals surface area (Å²) in [7, 11) is 0. The van der Waals surface area contributed by atoms with Gasteiger partial charge < -0.3 is 14.6 Å². The van der Waals surface area contributed by atoms with Crippen molar-refractivity contribution in [3.63, 3.8) is 0 Å². The number of nitrogens with one attached hydrogen (secondary N) is 1. The highest BCUT2D eigenvalue weighted by molar-refractivity contribution is 5.96. The second-order valence-electron chi connectivity index (χ2n) is 9.76. The molecule has 1 N–H and O–H groups in total. The third-order valence-corrected chi connectivity index (χ3v) is 7.02. The monoisotopic (exact) mass is 526 g/mol. The van der Waals surface area contributed by atoms with Crippen LogP contribution in [0, 0.1) is 36.8 Å². The number of hydrogen-bond donors (Lipinski definition) is 1. The van der Waals surface area contributed by atoms with E-state index in [1.165, 1.54) is 30.3 Å². The van der Waals surface area contributed by atoms with Gasteiger partial charge in [0.05, 0.1) is 17.3 Å². The van der Waals surface area contributed by atoms with E-state index < -0.39 is 6.04 Å². The van der Waals surface area contributed by atoms with Crippen molar-refractivity contribution in [2.75, 3.05) is 13.2 Å². The Kier molecular flexibility index (Phi) is 7.53. The highest BCUT2D eigenvalue weighted by atomic mass is 19.1. The van der Waals surface area contributed by atoms with Gasteiger partial charge in [-0.1, -0.05) is 24.3 Å². The fourth-order valence-electron chi connectivity index (χ4n) is 5.23. The van der Waals surface area contributed by atoms with Crippen molar-refractivity contribution in [2.45, 2.75) is 38.8 Å². The number of nitrogens with zero attached hydrogens (tertiary/aromatic N) is 3. The molecular formula is C31H28F2N4O2. The van der Waals surface area contributed by atoms with E-state index in [2.05, 4.69) is 11.4 Å². The predicted molar refractivity (Wildman–Crippen MR) is 145 cm³/mol. The number of halogens is 2. The lowest BCUT2D eigenvalue weighted by molar-refractivity contribution is -0.117. The Morgan fingerprint density at radius 2 is 1.67 bits per heavy atom. The van der Waals surface area contributed by atoms with Gasteiger partial charge in [-0.25, -0.2) is 13.8 Å². The molecule has 0 radical (unpaired) electrons. The number of carbonyl (C=O) groups is 1. The SMILES string of the molecule is Cc1cc(C)c2c(C#N)c(/C=C/C(=O)NC3CCOCC3)n(C(c3ccc(F)cc3)c3ccc(F)cc3)c2n1. The Labute approximate surface area is 225 Å². The van der Waals surface area contributed by atoms with Crippen LogP contribution >= 0.6 is 0 Å². The molecule has 39 heavy (non-hydrogen) atoms. The number of aryl methyl sites for hydroxylation is 2. The maximum atomic E-state index is 13.9. The summed E-state index contributed by atoms with van der Waals surface area (Å²) >= 11 is 0. The fourth-order valence-corrected chi connectivity index (χ4v) is 5.23. The van der Waals surface area contributed by atoms with Crippen LogP contribution in [0.2, 0.25) is 0 Å². The molecule has 5 rings (SSSR count). The van der Waals surface area contributed by atoms with Gasteiger partial charge in [0.15, 0.2) is 0 Å². The van der Waals surface area contributed by atoms with Crippen LogP contribution in [0.3, 0.4) is 0 Å². The van der Waals surface area contributed by atoms with Gasteiger partial charge in [-0.15, -0.1) is 0 Å². The molecule has 0 bridgehead atoms. The zero-order valence-corrected chi connectivity index (χ0v) is 21.7. The van der Waals surface area contributed by atoms with Gasteiger partial charge in [0.25, 0.3) is 0 Å². The topological polar surface area (TPSA) is 79.9 Å². The van der Waals surface area contributed by atoms with E-state index in [4.69, 9.17) is 9.72 Å². The quantitative estimate of drug-likeness (QED) is 0.325. The largest absolute Gasteiger partial charge is 0.381 e. The van der Waals surface area contributed by atoms with E-state index in [9.17, 15) is 18.8 Å². The average molecular weight is 527 g/mol. The molecule has 2 aromatic carbocycles. The van der Waals surface area contributed by atoms with Crippen molar-refractivity contribution < 1.29 is 18.3 Å². The van der Waals surface area contributed by atoms with Crippen molar-refractivity contribution in [1.29, 1.82) is 5.26 Å². The Balaban J connectivity index is 1.72. The summed E-state index contributed by atoms with van der Waals surface area (Å²) in [6, 6.07) is 15.8. The number of rotatable bonds is 6. The number of hydrogen-bond acceptors (Lipinski definition) is 4. The van der Waals surface area contributed by atoms with E-state index in [1.54, 1.807) is 30.3 Å². The van der Waals surface area contributed by atoms with Crippen LogP contribution in [0.1, 0.15) is 52.5 Å². The lowest BCUT2D eigenvalue weighted by Crippen LogP contribution is -2.38. The molecule has 1 aliphatic heterocycles. The molecule has 198 valence electrons. The van der Waals surface area contributed by atoms with Crippen LogP contribution in [-0.2, 0) is 9.53 Å². The van der Waals surface area contributed by atoms with Crippen molar-refractivity contribution in [1.82, 2.24) is 14.9 Å². The Morgan fingerprint density at radius 3 is 2.23 bits per heavy atom. The van der Waals surface area contributed by atoms with Gasteiger partial charge in [0.2, 0.25) is 5.91 Å². The highest BCUT2D eigenvalue weighted by Crippen LogP contribution is 2.37. The third-order valence-electron chi connectivity index (χ3n) is 7.02. The van der Waals surface area contributed by atoms with Crippen LogP contribution in [0.15, 0.2) is 60.7 Å². The van der Waals surface area contributed by atoms with Crippen LogP contribution in [0.4, 0.5) is 8.78 Å². The fraction of sp³-hybridized carbons (Fsp3) is 0.258. The van der Waals surface area contributed by atoms with Gasteiger partial charge >= 0.3 is 0 Å². The summed E-state index contributed by atoms with van der Waals surface area (Å²) in [6.45, 7) is 4.99. The van der Waals surface area contributed by atoms with Crippen LogP contribution in [0.25, 0.3) is 17.1 Å². The third kappa shape index (κ3) is 5.45. The van der Waals surface area contributed by atoms with E-state index in [-0.39, 0.29) is 23.6 Å². The van der Waals surface area contributed by atoms with E-state index >= 15 is 0 Å². The molecule has 1 amide bonds. The smallest absolute Gasteiger partial charge is 0.244 e. The first-order valence-electron chi connectivity index (χ1n) is 12.8. The first-order valence-corrected chi connectivity index (χ1v) is 12.8. The Morgan fingerprint density at radius 1 is 1.08 bits per heavy atom. The number of benzene rings is 2. The van der Waals surface area contributed by atoms with Gasteiger partial charge in [0, 0.05) is 36.4 Å². The van der Waals surface area contributed by atoms with Crippen LogP contribution in [-0.4, -0.2) is 34.7 Å². The first-order chi connectivity index (χ1) is 18.9. The molecular weight excluding hydrogens is 498 g/mol. The molecule has 0 unspecified atom stereocenters. The number of carbonyl (C=O) groups excluding carboxylic acids is 1. The second-order valence-corrected chi connectivity index (χ2v) is 9.76. The minimum Gasteiger partial charge on any atom is -0.381 e. The van der Waals surface area contributed by atoms with Crippen molar-refractivity contribution in [2.24, 2.45) is 0 Å². The summed E-state index contributed by atoms with van der Waals surface area (Å²) in [5.41, 5.74) is 4.46. The zero-order chi connectivity index (χ0) is 27.5. The second kappa shape index (κ2) is 11.2. The van der Waals surface area contributed by atoms with Gasteiger partial charge in [-0.3, -0.25) is 4.79 Å². The normalized spacial score (nSPS) is 14.3. The molecule has 3 heterocycles. The van der Waals surface area contributed by atoms with Gasteiger partial charge in [-0.2, -0.15) is 5.26 Å². The summed E-state index contributed by atoms with van der Waals surface area (Å²) in [6.07, 6.45) is 4.53. The minimum absolute atomic E-state index is 0.0231. The molecule has 0 spiro atoms. The van der Waals surface area contributed by atoms with E-state index in [0.29, 0.717) is 46.6 Å². The van der Waals surface area contributed by atoms with Crippen molar-refractivity contribution in [3.05, 3.63) is 106 Å². The number of ether oxygens (including phenoxy) is 1. The number of fused-ring (bicyclic) bond motifs is 1. The molecule has 0 aliphatic carbocycles. The summed E-state index contributed by atoms with van der Waals surface area (Å²) in [5, 5.41) is 14.0. The van der Waals surface area contributed by atoms with Gasteiger partial charge in [-0.05, 0) is 79.8 Å². The summed E-state index contributed by atoms with van der Waals surface area (Å²) < 4.78 is 35.1. The van der Waals surface area contributed by atoms with E-state index in [1.807, 2.05) is 24.5 Å². The lowest BCUT2D eigenvalue weighted by Gasteiger charge is -2.23. The maximum Gasteiger partial charge on any atom is 0.244 e. The Hall–Kier alpha value is -4.35. The standard InChI is InChI=1S/C31H28F2N4O2/c1-19-17-20(2)35-31-29(19)26(18-34)27(11-12-28(38)36-25-13-15-39-16-14-25)37(31)30(21-3-7-23(32)8-4-21)22-5-9-24(33)10-6-22/h3-12,17,25,30H,13-16H2,1-2H3,(H,36,38)/b12-11+. The number of amides is 1. The molecule has 1 saturated heterocycles. The highest BCUT2D eigenvalue weighted by Gasteiger charge is 2.27.